The van der Waals surface area contributed by atoms with Crippen LogP contribution in [-0.4, -0.2) is 35.6 Å². The Morgan fingerprint density at radius 3 is 2.67 bits per heavy atom. The minimum absolute atomic E-state index is 0.107. The van der Waals surface area contributed by atoms with Crippen LogP contribution >= 0.6 is 11.3 Å². The first-order valence-electron chi connectivity index (χ1n) is 5.57. The maximum atomic E-state index is 11.8. The average Bonchev–Trinajstić information content (AvgIpc) is 2.78. The first-order chi connectivity index (χ1) is 8.33. The number of amides is 2. The second-order valence-electron chi connectivity index (χ2n) is 4.78. The van der Waals surface area contributed by atoms with Crippen molar-refractivity contribution in [3.8, 4) is 0 Å². The highest BCUT2D eigenvalue weighted by atomic mass is 32.1. The van der Waals surface area contributed by atoms with E-state index in [0.29, 0.717) is 6.54 Å². The molecule has 0 saturated heterocycles. The van der Waals surface area contributed by atoms with Crippen LogP contribution in [0.1, 0.15) is 18.7 Å². The number of carbonyl (C=O) groups excluding carboxylic acids is 1. The standard InChI is InChI=1S/C12H18N2O3S/c1-12(2,10(15)16)8-13-11(17)14(3)7-9-5-4-6-18-9/h4-6H,7-8H2,1-3H3,(H,13,17)(H,15,16). The molecule has 0 aliphatic rings. The van der Waals surface area contributed by atoms with Crippen molar-refractivity contribution >= 4 is 23.3 Å². The maximum Gasteiger partial charge on any atom is 0.317 e. The summed E-state index contributed by atoms with van der Waals surface area (Å²) >= 11 is 1.58. The largest absolute Gasteiger partial charge is 0.481 e. The van der Waals surface area contributed by atoms with Crippen molar-refractivity contribution in [1.29, 1.82) is 0 Å². The van der Waals surface area contributed by atoms with Gasteiger partial charge in [0, 0.05) is 18.5 Å². The van der Waals surface area contributed by atoms with Gasteiger partial charge in [-0.3, -0.25) is 4.79 Å². The summed E-state index contributed by atoms with van der Waals surface area (Å²) < 4.78 is 0. The van der Waals surface area contributed by atoms with Gasteiger partial charge in [-0.25, -0.2) is 4.79 Å². The molecular weight excluding hydrogens is 252 g/mol. The summed E-state index contributed by atoms with van der Waals surface area (Å²) in [6, 6.07) is 3.62. The molecule has 0 atom stereocenters. The van der Waals surface area contributed by atoms with Gasteiger partial charge < -0.3 is 15.3 Å². The predicted molar refractivity (Wildman–Crippen MR) is 70.6 cm³/mol. The molecule has 0 bridgehead atoms. The molecule has 1 aromatic rings. The van der Waals surface area contributed by atoms with Gasteiger partial charge in [-0.2, -0.15) is 0 Å². The van der Waals surface area contributed by atoms with Gasteiger partial charge in [0.2, 0.25) is 0 Å². The molecule has 18 heavy (non-hydrogen) atoms. The zero-order chi connectivity index (χ0) is 13.8. The number of carboxylic acid groups (broad SMARTS) is 1. The van der Waals surface area contributed by atoms with Gasteiger partial charge in [-0.05, 0) is 25.3 Å². The van der Waals surface area contributed by atoms with E-state index in [1.165, 1.54) is 4.90 Å². The Balaban J connectivity index is 2.43. The number of carboxylic acids is 1. The van der Waals surface area contributed by atoms with Crippen LogP contribution in [0, 0.1) is 5.41 Å². The van der Waals surface area contributed by atoms with Crippen LogP contribution in [0.15, 0.2) is 17.5 Å². The van der Waals surface area contributed by atoms with Crippen LogP contribution in [0.4, 0.5) is 4.79 Å². The lowest BCUT2D eigenvalue weighted by atomic mass is 9.94. The summed E-state index contributed by atoms with van der Waals surface area (Å²) in [4.78, 5) is 25.3. The summed E-state index contributed by atoms with van der Waals surface area (Å²) in [5, 5.41) is 13.5. The number of urea groups is 1. The van der Waals surface area contributed by atoms with Gasteiger partial charge in [0.05, 0.1) is 12.0 Å². The Morgan fingerprint density at radius 2 is 2.17 bits per heavy atom. The van der Waals surface area contributed by atoms with Gasteiger partial charge in [0.15, 0.2) is 0 Å². The van der Waals surface area contributed by atoms with Crippen molar-refractivity contribution in [3.05, 3.63) is 22.4 Å². The molecule has 100 valence electrons. The third-order valence-electron chi connectivity index (χ3n) is 2.58. The molecule has 2 N–H and O–H groups in total. The van der Waals surface area contributed by atoms with E-state index in [-0.39, 0.29) is 12.6 Å². The van der Waals surface area contributed by atoms with Gasteiger partial charge in [-0.15, -0.1) is 11.3 Å². The Labute approximate surface area is 110 Å². The Morgan fingerprint density at radius 1 is 1.50 bits per heavy atom. The van der Waals surface area contributed by atoms with Crippen LogP contribution in [0.3, 0.4) is 0 Å². The Bertz CT molecular complexity index is 415. The molecule has 0 fully saturated rings. The van der Waals surface area contributed by atoms with Crippen LogP contribution < -0.4 is 5.32 Å². The van der Waals surface area contributed by atoms with E-state index < -0.39 is 11.4 Å². The van der Waals surface area contributed by atoms with Gasteiger partial charge >= 0.3 is 12.0 Å². The summed E-state index contributed by atoms with van der Waals surface area (Å²) in [5.74, 6) is -0.927. The number of rotatable bonds is 5. The number of nitrogens with zero attached hydrogens (tertiary/aromatic N) is 1. The molecule has 1 rings (SSSR count). The van der Waals surface area contributed by atoms with Crippen LogP contribution in [-0.2, 0) is 11.3 Å². The lowest BCUT2D eigenvalue weighted by Gasteiger charge is -2.22. The molecule has 0 saturated carbocycles. The van der Waals surface area contributed by atoms with Crippen molar-refractivity contribution in [2.45, 2.75) is 20.4 Å². The molecule has 5 nitrogen and oxygen atoms in total. The fraction of sp³-hybridized carbons (Fsp3) is 0.500. The molecule has 6 heteroatoms. The smallest absolute Gasteiger partial charge is 0.317 e. The number of aliphatic carboxylic acids is 1. The van der Waals surface area contributed by atoms with Crippen LogP contribution in [0.25, 0.3) is 0 Å². The molecule has 0 aromatic carbocycles. The first-order valence-corrected chi connectivity index (χ1v) is 6.45. The molecule has 0 spiro atoms. The molecule has 0 aliphatic heterocycles. The molecule has 1 heterocycles. The fourth-order valence-electron chi connectivity index (χ4n) is 1.22. The fourth-order valence-corrected chi connectivity index (χ4v) is 1.97. The molecule has 0 radical (unpaired) electrons. The highest BCUT2D eigenvalue weighted by Gasteiger charge is 2.28. The number of hydrogen-bond acceptors (Lipinski definition) is 3. The third-order valence-corrected chi connectivity index (χ3v) is 3.44. The minimum Gasteiger partial charge on any atom is -0.481 e. The topological polar surface area (TPSA) is 69.6 Å². The average molecular weight is 270 g/mol. The quantitative estimate of drug-likeness (QED) is 0.859. The number of nitrogens with one attached hydrogen (secondary N) is 1. The molecular formula is C12H18N2O3S. The third kappa shape index (κ3) is 4.03. The van der Waals surface area contributed by atoms with Crippen molar-refractivity contribution in [2.24, 2.45) is 5.41 Å². The van der Waals surface area contributed by atoms with Gasteiger partial charge in [0.1, 0.15) is 0 Å². The lowest BCUT2D eigenvalue weighted by Crippen LogP contribution is -2.43. The SMILES string of the molecule is CN(Cc1cccs1)C(=O)NCC(C)(C)C(=O)O. The second kappa shape index (κ2) is 5.86. The predicted octanol–water partition coefficient (Wildman–Crippen LogP) is 2.00. The highest BCUT2D eigenvalue weighted by Crippen LogP contribution is 2.14. The zero-order valence-electron chi connectivity index (χ0n) is 10.8. The number of carbonyl (C=O) groups is 2. The van der Waals surface area contributed by atoms with Gasteiger partial charge in [0.25, 0.3) is 0 Å². The van der Waals surface area contributed by atoms with E-state index in [9.17, 15) is 9.59 Å². The van der Waals surface area contributed by atoms with Crippen molar-refractivity contribution in [2.75, 3.05) is 13.6 Å². The van der Waals surface area contributed by atoms with E-state index in [4.69, 9.17) is 5.11 Å². The van der Waals surface area contributed by atoms with Gasteiger partial charge in [-0.1, -0.05) is 6.07 Å². The molecule has 2 amide bonds. The van der Waals surface area contributed by atoms with E-state index >= 15 is 0 Å². The molecule has 1 aromatic heterocycles. The lowest BCUT2D eigenvalue weighted by molar-refractivity contribution is -0.146. The number of thiophene rings is 1. The molecule has 0 aliphatic carbocycles. The maximum absolute atomic E-state index is 11.8. The monoisotopic (exact) mass is 270 g/mol. The van der Waals surface area contributed by atoms with Crippen molar-refractivity contribution in [1.82, 2.24) is 10.2 Å². The Kier molecular flexibility index (Phi) is 4.72. The summed E-state index contributed by atoms with van der Waals surface area (Å²) in [5.41, 5.74) is -0.959. The van der Waals surface area contributed by atoms with E-state index in [0.717, 1.165) is 4.88 Å². The number of hydrogen-bond donors (Lipinski definition) is 2. The minimum atomic E-state index is -0.959. The van der Waals surface area contributed by atoms with E-state index in [1.54, 1.807) is 32.2 Å². The summed E-state index contributed by atoms with van der Waals surface area (Å²) in [6.45, 7) is 3.79. The first kappa shape index (κ1) is 14.5. The Hall–Kier alpha value is -1.56. The summed E-state index contributed by atoms with van der Waals surface area (Å²) in [6.07, 6.45) is 0. The van der Waals surface area contributed by atoms with Crippen molar-refractivity contribution in [3.63, 3.8) is 0 Å². The van der Waals surface area contributed by atoms with E-state index in [1.807, 2.05) is 17.5 Å². The van der Waals surface area contributed by atoms with E-state index in [2.05, 4.69) is 5.32 Å². The van der Waals surface area contributed by atoms with Crippen LogP contribution in [0.2, 0.25) is 0 Å². The molecule has 0 unspecified atom stereocenters. The second-order valence-corrected chi connectivity index (χ2v) is 5.82. The highest BCUT2D eigenvalue weighted by molar-refractivity contribution is 7.09. The summed E-state index contributed by atoms with van der Waals surface area (Å²) in [7, 11) is 1.68. The zero-order valence-corrected chi connectivity index (χ0v) is 11.6. The normalized spacial score (nSPS) is 11.1. The van der Waals surface area contributed by atoms with Crippen LogP contribution in [0.5, 0.6) is 0 Å². The van der Waals surface area contributed by atoms with Crippen molar-refractivity contribution < 1.29 is 14.7 Å².